The first kappa shape index (κ1) is 13.8. The van der Waals surface area contributed by atoms with Crippen molar-refractivity contribution in [2.24, 2.45) is 0 Å². The zero-order valence-corrected chi connectivity index (χ0v) is 10.5. The van der Waals surface area contributed by atoms with Crippen LogP contribution in [-0.2, 0) is 0 Å². The summed E-state index contributed by atoms with van der Waals surface area (Å²) in [7, 11) is 0. The van der Waals surface area contributed by atoms with Gasteiger partial charge in [0.15, 0.2) is 11.5 Å². The summed E-state index contributed by atoms with van der Waals surface area (Å²) in [4.78, 5) is 0. The van der Waals surface area contributed by atoms with Gasteiger partial charge in [0.1, 0.15) is 18.3 Å². The first-order chi connectivity index (χ1) is 7.92. The minimum Gasteiger partial charge on any atom is -0.487 e. The maximum absolute atomic E-state index is 9.23. The molecule has 0 aromatic heterocycles. The quantitative estimate of drug-likeness (QED) is 0.820. The first-order valence-electron chi connectivity index (χ1n) is 5.62. The van der Waals surface area contributed by atoms with Crippen LogP contribution in [0.3, 0.4) is 0 Å². The van der Waals surface area contributed by atoms with Crippen LogP contribution in [0.25, 0.3) is 0 Å². The third kappa shape index (κ3) is 5.06. The Morgan fingerprint density at radius 3 is 2.29 bits per heavy atom. The summed E-state index contributed by atoms with van der Waals surface area (Å²) in [6.45, 7) is 5.58. The maximum Gasteiger partial charge on any atom is 0.161 e. The minimum atomic E-state index is -0.877. The van der Waals surface area contributed by atoms with Crippen molar-refractivity contribution in [3.8, 4) is 11.5 Å². The van der Waals surface area contributed by atoms with Gasteiger partial charge in [-0.2, -0.15) is 0 Å². The largest absolute Gasteiger partial charge is 0.487 e. The third-order valence-electron chi connectivity index (χ3n) is 1.91. The van der Waals surface area contributed by atoms with Crippen LogP contribution < -0.4 is 9.47 Å². The molecule has 0 aliphatic rings. The third-order valence-corrected chi connectivity index (χ3v) is 1.91. The standard InChI is InChI=1S/C13H20O4/c1-13(2,3)17-12-7-5-4-6-11(12)16-9-10(15)8-14/h4-7,10,14-15H,8-9H2,1-3H3/t10-/m0/s1. The van der Waals surface area contributed by atoms with Crippen molar-refractivity contribution < 1.29 is 19.7 Å². The van der Waals surface area contributed by atoms with Gasteiger partial charge in [0.2, 0.25) is 0 Å². The Morgan fingerprint density at radius 2 is 1.76 bits per heavy atom. The van der Waals surface area contributed by atoms with Crippen LogP contribution in [0.2, 0.25) is 0 Å². The van der Waals surface area contributed by atoms with E-state index in [0.717, 1.165) is 0 Å². The summed E-state index contributed by atoms with van der Waals surface area (Å²) in [5.74, 6) is 1.19. The van der Waals surface area contributed by atoms with Crippen LogP contribution in [-0.4, -0.2) is 35.1 Å². The number of aliphatic hydroxyl groups excluding tert-OH is 2. The Labute approximate surface area is 102 Å². The van der Waals surface area contributed by atoms with Gasteiger partial charge in [0.25, 0.3) is 0 Å². The predicted octanol–water partition coefficient (Wildman–Crippen LogP) is 1.60. The number of ether oxygens (including phenoxy) is 2. The second-order valence-electron chi connectivity index (χ2n) is 4.81. The van der Waals surface area contributed by atoms with Crippen molar-refractivity contribution in [1.82, 2.24) is 0 Å². The van der Waals surface area contributed by atoms with Gasteiger partial charge >= 0.3 is 0 Å². The van der Waals surface area contributed by atoms with Crippen molar-refractivity contribution in [3.63, 3.8) is 0 Å². The van der Waals surface area contributed by atoms with Crippen LogP contribution in [0.15, 0.2) is 24.3 Å². The summed E-state index contributed by atoms with van der Waals surface area (Å²) >= 11 is 0. The van der Waals surface area contributed by atoms with E-state index in [0.29, 0.717) is 11.5 Å². The Morgan fingerprint density at radius 1 is 1.18 bits per heavy atom. The van der Waals surface area contributed by atoms with Crippen molar-refractivity contribution in [2.75, 3.05) is 13.2 Å². The molecule has 0 fully saturated rings. The lowest BCUT2D eigenvalue weighted by molar-refractivity contribution is 0.0502. The van der Waals surface area contributed by atoms with Gasteiger partial charge in [-0.25, -0.2) is 0 Å². The van der Waals surface area contributed by atoms with E-state index in [4.69, 9.17) is 14.6 Å². The molecule has 1 aromatic carbocycles. The highest BCUT2D eigenvalue weighted by molar-refractivity contribution is 5.39. The van der Waals surface area contributed by atoms with Crippen LogP contribution >= 0.6 is 0 Å². The number of hydrogen-bond donors (Lipinski definition) is 2. The minimum absolute atomic E-state index is 0.0427. The van der Waals surface area contributed by atoms with Gasteiger partial charge in [-0.3, -0.25) is 0 Å². The van der Waals surface area contributed by atoms with Gasteiger partial charge in [-0.15, -0.1) is 0 Å². The maximum atomic E-state index is 9.23. The number of benzene rings is 1. The summed E-state index contributed by atoms with van der Waals surface area (Å²) < 4.78 is 11.1. The molecule has 0 radical (unpaired) electrons. The molecule has 1 rings (SSSR count). The molecule has 1 atom stereocenters. The monoisotopic (exact) mass is 240 g/mol. The molecular formula is C13H20O4. The highest BCUT2D eigenvalue weighted by atomic mass is 16.5. The summed E-state index contributed by atoms with van der Waals surface area (Å²) in [6, 6.07) is 7.27. The molecule has 0 amide bonds. The van der Waals surface area contributed by atoms with Gasteiger partial charge in [0, 0.05) is 0 Å². The smallest absolute Gasteiger partial charge is 0.161 e. The zero-order valence-electron chi connectivity index (χ0n) is 10.5. The molecular weight excluding hydrogens is 220 g/mol. The van der Waals surface area contributed by atoms with E-state index in [2.05, 4.69) is 0 Å². The van der Waals surface area contributed by atoms with E-state index in [1.165, 1.54) is 0 Å². The zero-order chi connectivity index (χ0) is 12.9. The number of rotatable bonds is 5. The number of para-hydroxylation sites is 2. The second kappa shape index (κ2) is 5.89. The Kier molecular flexibility index (Phi) is 4.78. The molecule has 0 saturated carbocycles. The summed E-state index contributed by atoms with van der Waals surface area (Å²) in [5, 5.41) is 17.9. The molecule has 0 aliphatic carbocycles. The van der Waals surface area contributed by atoms with E-state index >= 15 is 0 Å². The molecule has 0 saturated heterocycles. The average molecular weight is 240 g/mol. The predicted molar refractivity (Wildman–Crippen MR) is 65.4 cm³/mol. The molecule has 2 N–H and O–H groups in total. The van der Waals surface area contributed by atoms with Crippen LogP contribution in [0.4, 0.5) is 0 Å². The molecule has 1 aromatic rings. The van der Waals surface area contributed by atoms with Gasteiger partial charge in [-0.05, 0) is 32.9 Å². The van der Waals surface area contributed by atoms with Gasteiger partial charge in [-0.1, -0.05) is 12.1 Å². The molecule has 96 valence electrons. The van der Waals surface area contributed by atoms with E-state index in [1.807, 2.05) is 39.0 Å². The van der Waals surface area contributed by atoms with Crippen LogP contribution in [0.1, 0.15) is 20.8 Å². The van der Waals surface area contributed by atoms with Crippen LogP contribution in [0.5, 0.6) is 11.5 Å². The lowest BCUT2D eigenvalue weighted by Crippen LogP contribution is -2.24. The van der Waals surface area contributed by atoms with E-state index < -0.39 is 6.10 Å². The highest BCUT2D eigenvalue weighted by Gasteiger charge is 2.15. The number of hydrogen-bond acceptors (Lipinski definition) is 4. The lowest BCUT2D eigenvalue weighted by Gasteiger charge is -2.23. The fourth-order valence-corrected chi connectivity index (χ4v) is 1.22. The average Bonchev–Trinajstić information content (AvgIpc) is 2.25. The molecule has 17 heavy (non-hydrogen) atoms. The highest BCUT2D eigenvalue weighted by Crippen LogP contribution is 2.29. The fourth-order valence-electron chi connectivity index (χ4n) is 1.22. The normalized spacial score (nSPS) is 13.2. The molecule has 4 nitrogen and oxygen atoms in total. The summed E-state index contributed by atoms with van der Waals surface area (Å²) in [5.41, 5.74) is -0.310. The van der Waals surface area contributed by atoms with Crippen LogP contribution in [0, 0.1) is 0 Å². The Balaban J connectivity index is 2.71. The molecule has 0 unspecified atom stereocenters. The van der Waals surface area contributed by atoms with Crippen molar-refractivity contribution >= 4 is 0 Å². The van der Waals surface area contributed by atoms with Crippen molar-refractivity contribution in [2.45, 2.75) is 32.5 Å². The Hall–Kier alpha value is -1.26. The van der Waals surface area contributed by atoms with Gasteiger partial charge < -0.3 is 19.7 Å². The molecule has 0 bridgehead atoms. The van der Waals surface area contributed by atoms with E-state index in [1.54, 1.807) is 6.07 Å². The molecule has 0 aliphatic heterocycles. The Bertz CT molecular complexity index is 344. The topological polar surface area (TPSA) is 58.9 Å². The lowest BCUT2D eigenvalue weighted by atomic mass is 10.2. The van der Waals surface area contributed by atoms with Gasteiger partial charge in [0.05, 0.1) is 6.61 Å². The number of aliphatic hydroxyl groups is 2. The summed E-state index contributed by atoms with van der Waals surface area (Å²) in [6.07, 6.45) is -0.877. The SMILES string of the molecule is CC(C)(C)Oc1ccccc1OC[C@@H](O)CO. The fraction of sp³-hybridized carbons (Fsp3) is 0.538. The second-order valence-corrected chi connectivity index (χ2v) is 4.81. The van der Waals surface area contributed by atoms with Crippen molar-refractivity contribution in [3.05, 3.63) is 24.3 Å². The molecule has 0 heterocycles. The first-order valence-corrected chi connectivity index (χ1v) is 5.62. The molecule has 0 spiro atoms. The van der Waals surface area contributed by atoms with E-state index in [9.17, 15) is 5.11 Å². The van der Waals surface area contributed by atoms with Crippen molar-refractivity contribution in [1.29, 1.82) is 0 Å². The molecule has 4 heteroatoms. The van der Waals surface area contributed by atoms with E-state index in [-0.39, 0.29) is 18.8 Å².